The number of nitrogens with two attached hydrogens (primary N) is 1. The summed E-state index contributed by atoms with van der Waals surface area (Å²) in [6, 6.07) is 14.2. The van der Waals surface area contributed by atoms with Crippen LogP contribution < -0.4 is 15.2 Å². The maximum atomic E-state index is 12.7. The van der Waals surface area contributed by atoms with E-state index in [1.54, 1.807) is 20.3 Å². The Balaban J connectivity index is 1.75. The minimum absolute atomic E-state index is 0.0610. The number of likely N-dealkylation sites (N-methyl/N-ethyl adjacent to an activating group) is 1. The fourth-order valence-electron chi connectivity index (χ4n) is 3.71. The van der Waals surface area contributed by atoms with Crippen LogP contribution in [0.4, 0.5) is 5.69 Å². The Morgan fingerprint density at radius 2 is 1.73 bits per heavy atom. The van der Waals surface area contributed by atoms with Crippen LogP contribution in [0.1, 0.15) is 17.5 Å². The molecule has 0 bridgehead atoms. The number of methoxy groups -OCH3 is 2. The standard InChI is InChI=1S/C21H26N2O3/c1-23-17(9-14-7-5-4-6-8-14)11-16(21(23)24)10-15-12-19(25-2)20(26-3)13-18(15)22/h4-8,12-13,16-17H,9-11,22H2,1-3H3/t16?,17-/m0/s1. The van der Waals surface area contributed by atoms with E-state index in [9.17, 15) is 4.79 Å². The van der Waals surface area contributed by atoms with Gasteiger partial charge < -0.3 is 20.1 Å². The molecule has 1 unspecified atom stereocenters. The van der Waals surface area contributed by atoms with Gasteiger partial charge in [-0.05, 0) is 36.5 Å². The second kappa shape index (κ2) is 7.68. The lowest BCUT2D eigenvalue weighted by molar-refractivity contribution is -0.130. The minimum Gasteiger partial charge on any atom is -0.493 e. The number of likely N-dealkylation sites (tertiary alicyclic amines) is 1. The van der Waals surface area contributed by atoms with Gasteiger partial charge >= 0.3 is 0 Å². The molecule has 2 aromatic rings. The molecule has 138 valence electrons. The lowest BCUT2D eigenvalue weighted by Crippen LogP contribution is -2.31. The molecule has 1 amide bonds. The summed E-state index contributed by atoms with van der Waals surface area (Å²) in [5.74, 6) is 1.36. The summed E-state index contributed by atoms with van der Waals surface area (Å²) in [6.45, 7) is 0. The zero-order valence-electron chi connectivity index (χ0n) is 15.6. The van der Waals surface area contributed by atoms with E-state index in [1.165, 1.54) is 5.56 Å². The number of carbonyl (C=O) groups excluding carboxylic acids is 1. The van der Waals surface area contributed by atoms with Crippen molar-refractivity contribution in [1.82, 2.24) is 4.90 Å². The van der Waals surface area contributed by atoms with E-state index in [-0.39, 0.29) is 17.9 Å². The highest BCUT2D eigenvalue weighted by atomic mass is 16.5. The van der Waals surface area contributed by atoms with Crippen LogP contribution in [-0.2, 0) is 17.6 Å². The molecule has 0 aromatic heterocycles. The SMILES string of the molecule is COc1cc(N)c(CC2C[C@H](Cc3ccccc3)N(C)C2=O)cc1OC. The van der Waals surface area contributed by atoms with Crippen molar-refractivity contribution in [3.63, 3.8) is 0 Å². The summed E-state index contributed by atoms with van der Waals surface area (Å²) in [4.78, 5) is 14.6. The van der Waals surface area contributed by atoms with Crippen LogP contribution in [0.3, 0.4) is 0 Å². The molecule has 5 nitrogen and oxygen atoms in total. The van der Waals surface area contributed by atoms with Crippen molar-refractivity contribution < 1.29 is 14.3 Å². The first-order valence-corrected chi connectivity index (χ1v) is 8.84. The highest BCUT2D eigenvalue weighted by Crippen LogP contribution is 2.35. The third kappa shape index (κ3) is 3.62. The number of hydrogen-bond donors (Lipinski definition) is 1. The highest BCUT2D eigenvalue weighted by molar-refractivity contribution is 5.82. The van der Waals surface area contributed by atoms with Crippen molar-refractivity contribution in [2.45, 2.75) is 25.3 Å². The molecular formula is C21H26N2O3. The van der Waals surface area contributed by atoms with Gasteiger partial charge in [0.15, 0.2) is 11.5 Å². The Morgan fingerprint density at radius 1 is 1.08 bits per heavy atom. The number of anilines is 1. The number of rotatable bonds is 6. The number of hydrogen-bond acceptors (Lipinski definition) is 4. The lowest BCUT2D eigenvalue weighted by Gasteiger charge is -2.19. The number of nitrogens with zero attached hydrogens (tertiary/aromatic N) is 1. The van der Waals surface area contributed by atoms with E-state index in [2.05, 4.69) is 12.1 Å². The first-order valence-electron chi connectivity index (χ1n) is 8.84. The predicted octanol–water partition coefficient (Wildman–Crippen LogP) is 2.92. The number of carbonyl (C=O) groups is 1. The van der Waals surface area contributed by atoms with Gasteiger partial charge in [0.1, 0.15) is 0 Å². The summed E-state index contributed by atoms with van der Waals surface area (Å²) in [6.07, 6.45) is 2.32. The molecule has 1 fully saturated rings. The molecule has 1 aliphatic rings. The average molecular weight is 354 g/mol. The van der Waals surface area contributed by atoms with Crippen molar-refractivity contribution in [2.75, 3.05) is 27.0 Å². The Morgan fingerprint density at radius 3 is 2.38 bits per heavy atom. The summed E-state index contributed by atoms with van der Waals surface area (Å²) < 4.78 is 10.7. The Bertz CT molecular complexity index is 776. The molecule has 2 atom stereocenters. The molecular weight excluding hydrogens is 328 g/mol. The van der Waals surface area contributed by atoms with E-state index < -0.39 is 0 Å². The van der Waals surface area contributed by atoms with Crippen LogP contribution in [-0.4, -0.2) is 38.1 Å². The fraction of sp³-hybridized carbons (Fsp3) is 0.381. The van der Waals surface area contributed by atoms with Crippen molar-refractivity contribution in [3.8, 4) is 11.5 Å². The van der Waals surface area contributed by atoms with Crippen LogP contribution in [0.25, 0.3) is 0 Å². The van der Waals surface area contributed by atoms with Gasteiger partial charge in [-0.2, -0.15) is 0 Å². The van der Waals surface area contributed by atoms with Gasteiger partial charge in [-0.1, -0.05) is 30.3 Å². The topological polar surface area (TPSA) is 64.8 Å². The Hall–Kier alpha value is -2.69. The molecule has 2 aromatic carbocycles. The first-order chi connectivity index (χ1) is 12.5. The number of ether oxygens (including phenoxy) is 2. The Labute approximate surface area is 154 Å². The summed E-state index contributed by atoms with van der Waals surface area (Å²) in [5.41, 5.74) is 8.98. The molecule has 1 saturated heterocycles. The lowest BCUT2D eigenvalue weighted by atomic mass is 9.93. The molecule has 1 aliphatic heterocycles. The van der Waals surface area contributed by atoms with Crippen molar-refractivity contribution in [3.05, 3.63) is 53.6 Å². The summed E-state index contributed by atoms with van der Waals surface area (Å²) in [7, 11) is 5.08. The largest absolute Gasteiger partial charge is 0.493 e. The quantitative estimate of drug-likeness (QED) is 0.810. The van der Waals surface area contributed by atoms with Gasteiger partial charge in [-0.3, -0.25) is 4.79 Å². The summed E-state index contributed by atoms with van der Waals surface area (Å²) >= 11 is 0. The smallest absolute Gasteiger partial charge is 0.226 e. The van der Waals surface area contributed by atoms with Gasteiger partial charge in [0.05, 0.1) is 14.2 Å². The first kappa shape index (κ1) is 18.1. The predicted molar refractivity (Wildman–Crippen MR) is 102 cm³/mol. The Kier molecular flexibility index (Phi) is 5.35. The molecule has 2 N–H and O–H groups in total. The van der Waals surface area contributed by atoms with Crippen LogP contribution >= 0.6 is 0 Å². The average Bonchev–Trinajstić information content (AvgIpc) is 2.91. The molecule has 26 heavy (non-hydrogen) atoms. The van der Waals surface area contributed by atoms with E-state index in [0.717, 1.165) is 18.4 Å². The second-order valence-electron chi connectivity index (χ2n) is 6.84. The van der Waals surface area contributed by atoms with E-state index in [4.69, 9.17) is 15.2 Å². The zero-order chi connectivity index (χ0) is 18.7. The fourth-order valence-corrected chi connectivity index (χ4v) is 3.71. The maximum Gasteiger partial charge on any atom is 0.226 e. The van der Waals surface area contributed by atoms with Crippen LogP contribution in [0.2, 0.25) is 0 Å². The second-order valence-corrected chi connectivity index (χ2v) is 6.84. The van der Waals surface area contributed by atoms with Crippen molar-refractivity contribution in [1.29, 1.82) is 0 Å². The van der Waals surface area contributed by atoms with Gasteiger partial charge in [-0.25, -0.2) is 0 Å². The molecule has 0 spiro atoms. The zero-order valence-corrected chi connectivity index (χ0v) is 15.6. The molecule has 1 heterocycles. The molecule has 5 heteroatoms. The monoisotopic (exact) mass is 354 g/mol. The molecule has 3 rings (SSSR count). The summed E-state index contributed by atoms with van der Waals surface area (Å²) in [5, 5.41) is 0. The third-order valence-electron chi connectivity index (χ3n) is 5.23. The minimum atomic E-state index is -0.0610. The van der Waals surface area contributed by atoms with Crippen LogP contribution in [0, 0.1) is 5.92 Å². The molecule has 0 saturated carbocycles. The molecule has 0 radical (unpaired) electrons. The highest BCUT2D eigenvalue weighted by Gasteiger charge is 2.37. The van der Waals surface area contributed by atoms with E-state index in [1.807, 2.05) is 36.2 Å². The number of benzene rings is 2. The van der Waals surface area contributed by atoms with Crippen LogP contribution in [0.15, 0.2) is 42.5 Å². The van der Waals surface area contributed by atoms with E-state index >= 15 is 0 Å². The van der Waals surface area contributed by atoms with Crippen molar-refractivity contribution in [2.24, 2.45) is 5.92 Å². The van der Waals surface area contributed by atoms with Crippen molar-refractivity contribution >= 4 is 11.6 Å². The third-order valence-corrected chi connectivity index (χ3v) is 5.23. The molecule has 0 aliphatic carbocycles. The maximum absolute atomic E-state index is 12.7. The number of amides is 1. The normalized spacial score (nSPS) is 19.7. The van der Waals surface area contributed by atoms with Crippen LogP contribution in [0.5, 0.6) is 11.5 Å². The number of nitrogen functional groups attached to an aromatic ring is 1. The van der Waals surface area contributed by atoms with Gasteiger partial charge in [0.2, 0.25) is 5.91 Å². The van der Waals surface area contributed by atoms with Gasteiger partial charge in [0, 0.05) is 30.8 Å². The van der Waals surface area contributed by atoms with E-state index in [0.29, 0.717) is 23.6 Å². The van der Waals surface area contributed by atoms with Gasteiger partial charge in [0.25, 0.3) is 0 Å². The van der Waals surface area contributed by atoms with Gasteiger partial charge in [-0.15, -0.1) is 0 Å².